The van der Waals surface area contributed by atoms with Crippen LogP contribution in [0.3, 0.4) is 0 Å². The molecule has 2 nitrogen and oxygen atoms in total. The average molecular weight is 232 g/mol. The fraction of sp³-hybridized carbons (Fsp3) is 0. The lowest BCUT2D eigenvalue weighted by Crippen LogP contribution is -1.67. The molecule has 0 N–H and O–H groups in total. The summed E-state index contributed by atoms with van der Waals surface area (Å²) >= 11 is 0. The minimum absolute atomic E-state index is 0.0967. The molecule has 0 aromatic heterocycles. The Morgan fingerprint density at radius 3 is 2.11 bits per heavy atom. The van der Waals surface area contributed by atoms with Crippen LogP contribution in [-0.2, 0) is 0 Å². The summed E-state index contributed by atoms with van der Waals surface area (Å²) in [6.07, 6.45) is 12.6. The molecule has 0 aliphatic rings. The van der Waals surface area contributed by atoms with Gasteiger partial charge in [-0.15, -0.1) is 0 Å². The molecule has 2 heteroatoms. The highest BCUT2D eigenvalue weighted by Gasteiger charge is 1.84. The molecule has 0 saturated carbocycles. The van der Waals surface area contributed by atoms with E-state index in [1.165, 1.54) is 6.08 Å². The molecule has 0 aliphatic heterocycles. The molecule has 0 bridgehead atoms. The topological polar surface area (TPSA) is 47.6 Å². The third-order valence-electron chi connectivity index (χ3n) is 2.04. The van der Waals surface area contributed by atoms with E-state index in [0.29, 0.717) is 0 Å². The Labute approximate surface area is 107 Å². The summed E-state index contributed by atoms with van der Waals surface area (Å²) in [5.74, 6) is 0. The highest BCUT2D eigenvalue weighted by atomic mass is 14.3. The zero-order chi connectivity index (χ0) is 13.1. The number of benzene rings is 1. The van der Waals surface area contributed by atoms with Gasteiger partial charge in [-0.2, -0.15) is 10.5 Å². The maximum Gasteiger partial charge on any atom is 0.129 e. The second kappa shape index (κ2) is 8.33. The van der Waals surface area contributed by atoms with E-state index in [9.17, 15) is 0 Å². The van der Waals surface area contributed by atoms with Crippen molar-refractivity contribution in [2.24, 2.45) is 0 Å². The molecule has 1 rings (SSSR count). The third-order valence-corrected chi connectivity index (χ3v) is 2.04. The molecule has 18 heavy (non-hydrogen) atoms. The number of hydrogen-bond acceptors (Lipinski definition) is 2. The van der Waals surface area contributed by atoms with Crippen LogP contribution < -0.4 is 0 Å². The lowest BCUT2D eigenvalue weighted by atomic mass is 10.2. The maximum absolute atomic E-state index is 8.49. The van der Waals surface area contributed by atoms with E-state index in [0.717, 1.165) is 5.56 Å². The van der Waals surface area contributed by atoms with Gasteiger partial charge in [0.25, 0.3) is 0 Å². The Hall–Kier alpha value is -2.84. The van der Waals surface area contributed by atoms with Crippen LogP contribution in [0.5, 0.6) is 0 Å². The molecule has 0 atom stereocenters. The molecule has 0 saturated heterocycles. The van der Waals surface area contributed by atoms with E-state index in [1.807, 2.05) is 54.6 Å². The summed E-state index contributed by atoms with van der Waals surface area (Å²) in [6.45, 7) is 0. The fourth-order valence-electron chi connectivity index (χ4n) is 1.17. The molecule has 0 radical (unpaired) electrons. The Morgan fingerprint density at radius 2 is 1.44 bits per heavy atom. The Morgan fingerprint density at radius 1 is 0.833 bits per heavy atom. The second-order valence-electron chi connectivity index (χ2n) is 3.34. The van der Waals surface area contributed by atoms with E-state index in [1.54, 1.807) is 24.3 Å². The lowest BCUT2D eigenvalue weighted by Gasteiger charge is -1.87. The predicted molar refractivity (Wildman–Crippen MR) is 73.1 cm³/mol. The van der Waals surface area contributed by atoms with Gasteiger partial charge in [-0.05, 0) is 11.6 Å². The van der Waals surface area contributed by atoms with Gasteiger partial charge >= 0.3 is 0 Å². The van der Waals surface area contributed by atoms with Crippen LogP contribution in [0.25, 0.3) is 6.08 Å². The molecule has 0 fully saturated rings. The number of allylic oxidation sites excluding steroid dienone is 7. The molecule has 0 aliphatic carbocycles. The smallest absolute Gasteiger partial charge is 0.129 e. The predicted octanol–water partition coefficient (Wildman–Crippen LogP) is 3.79. The van der Waals surface area contributed by atoms with Crippen LogP contribution in [0, 0.1) is 22.7 Å². The van der Waals surface area contributed by atoms with E-state index in [4.69, 9.17) is 10.5 Å². The van der Waals surface area contributed by atoms with E-state index in [2.05, 4.69) is 0 Å². The van der Waals surface area contributed by atoms with Gasteiger partial charge in [0.1, 0.15) is 17.7 Å². The Balaban J connectivity index is 2.46. The number of nitriles is 2. The highest BCUT2D eigenvalue weighted by molar-refractivity contribution is 5.50. The zero-order valence-corrected chi connectivity index (χ0v) is 9.82. The van der Waals surface area contributed by atoms with Crippen LogP contribution in [0.2, 0.25) is 0 Å². The van der Waals surface area contributed by atoms with E-state index in [-0.39, 0.29) is 5.57 Å². The number of nitrogens with zero attached hydrogens (tertiary/aromatic N) is 2. The molecule has 1 aromatic carbocycles. The van der Waals surface area contributed by atoms with Crippen molar-refractivity contribution in [3.05, 3.63) is 77.9 Å². The first-order valence-corrected chi connectivity index (χ1v) is 5.44. The average Bonchev–Trinajstić information content (AvgIpc) is 2.43. The molecule has 0 amide bonds. The Bertz CT molecular complexity index is 545. The molecular weight excluding hydrogens is 220 g/mol. The van der Waals surface area contributed by atoms with Gasteiger partial charge in [-0.3, -0.25) is 0 Å². The van der Waals surface area contributed by atoms with Crippen molar-refractivity contribution in [2.75, 3.05) is 0 Å². The van der Waals surface area contributed by atoms with Gasteiger partial charge in [-0.1, -0.05) is 66.8 Å². The summed E-state index contributed by atoms with van der Waals surface area (Å²) in [7, 11) is 0. The van der Waals surface area contributed by atoms with Crippen molar-refractivity contribution in [3.63, 3.8) is 0 Å². The van der Waals surface area contributed by atoms with Gasteiger partial charge in [0.15, 0.2) is 0 Å². The number of rotatable bonds is 4. The Kier molecular flexibility index (Phi) is 6.12. The first-order chi connectivity index (χ1) is 8.86. The minimum atomic E-state index is 0.0967. The van der Waals surface area contributed by atoms with Crippen molar-refractivity contribution in [3.8, 4) is 12.1 Å². The summed E-state index contributed by atoms with van der Waals surface area (Å²) in [6, 6.07) is 13.6. The van der Waals surface area contributed by atoms with Gasteiger partial charge in [0, 0.05) is 0 Å². The van der Waals surface area contributed by atoms with Crippen LogP contribution in [0.15, 0.2) is 72.4 Å². The van der Waals surface area contributed by atoms with E-state index < -0.39 is 0 Å². The van der Waals surface area contributed by atoms with Crippen molar-refractivity contribution in [1.82, 2.24) is 0 Å². The molecule has 0 spiro atoms. The quantitative estimate of drug-likeness (QED) is 0.585. The summed E-state index contributed by atoms with van der Waals surface area (Å²) in [5.41, 5.74) is 1.24. The normalized spacial score (nSPS) is 10.6. The van der Waals surface area contributed by atoms with Gasteiger partial charge in [-0.25, -0.2) is 0 Å². The van der Waals surface area contributed by atoms with E-state index >= 15 is 0 Å². The maximum atomic E-state index is 8.49. The highest BCUT2D eigenvalue weighted by Crippen LogP contribution is 2.00. The molecule has 0 heterocycles. The summed E-state index contributed by atoms with van der Waals surface area (Å²) in [5, 5.41) is 17.0. The van der Waals surface area contributed by atoms with Crippen molar-refractivity contribution >= 4 is 6.08 Å². The van der Waals surface area contributed by atoms with Crippen LogP contribution in [-0.4, -0.2) is 0 Å². The first kappa shape index (κ1) is 13.2. The zero-order valence-electron chi connectivity index (χ0n) is 9.82. The molecule has 86 valence electrons. The second-order valence-corrected chi connectivity index (χ2v) is 3.34. The number of hydrogen-bond donors (Lipinski definition) is 0. The van der Waals surface area contributed by atoms with Crippen LogP contribution in [0.4, 0.5) is 0 Å². The first-order valence-electron chi connectivity index (χ1n) is 5.44. The van der Waals surface area contributed by atoms with Gasteiger partial charge in [0.05, 0.1) is 0 Å². The minimum Gasteiger partial charge on any atom is -0.192 e. The van der Waals surface area contributed by atoms with Crippen molar-refractivity contribution < 1.29 is 0 Å². The lowest BCUT2D eigenvalue weighted by molar-refractivity contribution is 1.46. The monoisotopic (exact) mass is 232 g/mol. The fourth-order valence-corrected chi connectivity index (χ4v) is 1.17. The standard InChI is InChI=1S/C16H12N2/c17-13-16(14-18)12-6-3-1-2-5-9-15-10-7-4-8-11-15/h1-12H/b2-1+,6-3+,9-5+. The van der Waals surface area contributed by atoms with Crippen molar-refractivity contribution in [2.45, 2.75) is 0 Å². The molecule has 1 aromatic rings. The third kappa shape index (κ3) is 5.30. The summed E-state index contributed by atoms with van der Waals surface area (Å²) < 4.78 is 0. The SMILES string of the molecule is N#CC(C#N)=C/C=C/C=C/C=C/c1ccccc1. The summed E-state index contributed by atoms with van der Waals surface area (Å²) in [4.78, 5) is 0. The van der Waals surface area contributed by atoms with Crippen LogP contribution >= 0.6 is 0 Å². The largest absolute Gasteiger partial charge is 0.192 e. The molecule has 0 unspecified atom stereocenters. The van der Waals surface area contributed by atoms with Crippen LogP contribution in [0.1, 0.15) is 5.56 Å². The molecular formula is C16H12N2. The van der Waals surface area contributed by atoms with Gasteiger partial charge in [0.2, 0.25) is 0 Å². The van der Waals surface area contributed by atoms with Gasteiger partial charge < -0.3 is 0 Å². The van der Waals surface area contributed by atoms with Crippen molar-refractivity contribution in [1.29, 1.82) is 10.5 Å².